The smallest absolute Gasteiger partial charge is 0.310 e. The van der Waals surface area contributed by atoms with Crippen molar-refractivity contribution in [2.75, 3.05) is 0 Å². The summed E-state index contributed by atoms with van der Waals surface area (Å²) in [6, 6.07) is 12.3. The molecule has 1 aliphatic carbocycles. The van der Waals surface area contributed by atoms with Crippen LogP contribution in [0.2, 0.25) is 0 Å². The Hall–Kier alpha value is -1.46. The van der Waals surface area contributed by atoms with Crippen LogP contribution in [0, 0.1) is 30.0 Å². The number of esters is 1. The summed E-state index contributed by atoms with van der Waals surface area (Å²) in [7, 11) is 0. The molecule has 0 spiro atoms. The van der Waals surface area contributed by atoms with Gasteiger partial charge in [-0.05, 0) is 84.5 Å². The highest BCUT2D eigenvalue weighted by Crippen LogP contribution is 2.60. The molecule has 27 heavy (non-hydrogen) atoms. The lowest BCUT2D eigenvalue weighted by atomic mass is 9.97. The number of carbonyl (C=O) groups excluding carboxylic acids is 1. The van der Waals surface area contributed by atoms with E-state index in [1.807, 2.05) is 37.3 Å². The molecule has 2 unspecified atom stereocenters. The van der Waals surface area contributed by atoms with Crippen LogP contribution in [0.4, 0.5) is 4.39 Å². The largest absolute Gasteiger partial charge is 0.461 e. The maximum absolute atomic E-state index is 13.6. The van der Waals surface area contributed by atoms with E-state index in [-0.39, 0.29) is 35.6 Å². The van der Waals surface area contributed by atoms with Crippen molar-refractivity contribution in [2.45, 2.75) is 27.4 Å². The Labute approximate surface area is 176 Å². The van der Waals surface area contributed by atoms with Gasteiger partial charge in [0.1, 0.15) is 12.4 Å². The number of benzene rings is 2. The number of halogens is 3. The fraction of sp³-hybridized carbons (Fsp3) is 0.318. The summed E-state index contributed by atoms with van der Waals surface area (Å²) < 4.78 is 20.0. The molecular weight excluding hydrogens is 475 g/mol. The molecule has 1 fully saturated rings. The topological polar surface area (TPSA) is 26.3 Å². The Morgan fingerprint density at radius 2 is 1.93 bits per heavy atom. The molecule has 0 heterocycles. The maximum atomic E-state index is 13.6. The van der Waals surface area contributed by atoms with Crippen molar-refractivity contribution in [3.8, 4) is 11.1 Å². The summed E-state index contributed by atoms with van der Waals surface area (Å²) in [5.74, 6) is -0.442. The van der Waals surface area contributed by atoms with Gasteiger partial charge in [0.05, 0.1) is 9.31 Å². The first-order valence-corrected chi connectivity index (χ1v) is 10.3. The molecule has 2 aromatic carbocycles. The fourth-order valence-corrected chi connectivity index (χ4v) is 4.19. The number of ether oxygens (including phenoxy) is 1. The van der Waals surface area contributed by atoms with Gasteiger partial charge in [0.25, 0.3) is 0 Å². The van der Waals surface area contributed by atoms with E-state index in [1.54, 1.807) is 6.07 Å². The van der Waals surface area contributed by atoms with Gasteiger partial charge in [0.2, 0.25) is 0 Å². The molecule has 0 amide bonds. The Balaban J connectivity index is 1.73. The molecule has 0 aromatic heterocycles. The predicted octanol–water partition coefficient (Wildman–Crippen LogP) is 6.75. The SMILES string of the molecule is Cc1c(COC(=O)C2C(C=C(Br)Br)C2(C)C)cccc1-c1cccc(F)c1. The Morgan fingerprint density at radius 1 is 1.22 bits per heavy atom. The van der Waals surface area contributed by atoms with Crippen LogP contribution >= 0.6 is 31.9 Å². The van der Waals surface area contributed by atoms with E-state index in [0.29, 0.717) is 0 Å². The fourth-order valence-electron chi connectivity index (χ4n) is 3.62. The quantitative estimate of drug-likeness (QED) is 0.429. The highest BCUT2D eigenvalue weighted by molar-refractivity contribution is 9.28. The van der Waals surface area contributed by atoms with Gasteiger partial charge in [-0.15, -0.1) is 0 Å². The number of allylic oxidation sites excluding steroid dienone is 1. The molecule has 3 rings (SSSR count). The molecule has 142 valence electrons. The van der Waals surface area contributed by atoms with E-state index in [2.05, 4.69) is 45.7 Å². The second kappa shape index (κ2) is 7.88. The second-order valence-electron chi connectivity index (χ2n) is 7.49. The van der Waals surface area contributed by atoms with Crippen molar-refractivity contribution in [2.24, 2.45) is 17.3 Å². The Kier molecular flexibility index (Phi) is 5.92. The van der Waals surface area contributed by atoms with Crippen molar-refractivity contribution in [3.63, 3.8) is 0 Å². The van der Waals surface area contributed by atoms with Crippen LogP contribution in [0.3, 0.4) is 0 Å². The van der Waals surface area contributed by atoms with Gasteiger partial charge in [0, 0.05) is 0 Å². The number of hydrogen-bond acceptors (Lipinski definition) is 2. The third-order valence-electron chi connectivity index (χ3n) is 5.42. The molecule has 0 N–H and O–H groups in total. The number of hydrogen-bond donors (Lipinski definition) is 0. The number of carbonyl (C=O) groups is 1. The van der Waals surface area contributed by atoms with Crippen LogP contribution < -0.4 is 0 Å². The summed E-state index contributed by atoms with van der Waals surface area (Å²) in [6.45, 7) is 6.32. The molecule has 2 aromatic rings. The lowest BCUT2D eigenvalue weighted by Gasteiger charge is -2.12. The van der Waals surface area contributed by atoms with Gasteiger partial charge in [-0.2, -0.15) is 0 Å². The zero-order valence-electron chi connectivity index (χ0n) is 15.4. The van der Waals surface area contributed by atoms with Gasteiger partial charge < -0.3 is 4.74 Å². The first-order chi connectivity index (χ1) is 12.7. The van der Waals surface area contributed by atoms with Crippen molar-refractivity contribution in [1.29, 1.82) is 0 Å². The summed E-state index contributed by atoms with van der Waals surface area (Å²) >= 11 is 6.73. The van der Waals surface area contributed by atoms with Gasteiger partial charge in [0.15, 0.2) is 0 Å². The third-order valence-corrected chi connectivity index (χ3v) is 5.95. The summed E-state index contributed by atoms with van der Waals surface area (Å²) in [6.07, 6.45) is 2.00. The zero-order valence-corrected chi connectivity index (χ0v) is 18.6. The Bertz CT molecular complexity index is 901. The highest BCUT2D eigenvalue weighted by Gasteiger charge is 2.61. The average Bonchev–Trinajstić information content (AvgIpc) is 3.13. The van der Waals surface area contributed by atoms with Gasteiger partial charge in [-0.1, -0.05) is 50.3 Å². The highest BCUT2D eigenvalue weighted by atomic mass is 79.9. The van der Waals surface area contributed by atoms with Crippen LogP contribution in [0.1, 0.15) is 25.0 Å². The maximum Gasteiger partial charge on any atom is 0.310 e. The molecule has 5 heteroatoms. The normalized spacial score (nSPS) is 20.1. The van der Waals surface area contributed by atoms with Gasteiger partial charge in [-0.25, -0.2) is 4.39 Å². The molecule has 0 radical (unpaired) electrons. The van der Waals surface area contributed by atoms with Crippen molar-refractivity contribution in [1.82, 2.24) is 0 Å². The molecular formula is C22H21Br2FO2. The first-order valence-electron chi connectivity index (χ1n) is 8.75. The summed E-state index contributed by atoms with van der Waals surface area (Å²) in [5, 5.41) is 0. The lowest BCUT2D eigenvalue weighted by molar-refractivity contribution is -0.147. The zero-order chi connectivity index (χ0) is 19.8. The van der Waals surface area contributed by atoms with Crippen LogP contribution in [0.5, 0.6) is 0 Å². The second-order valence-corrected chi connectivity index (χ2v) is 10.3. The van der Waals surface area contributed by atoms with Crippen LogP contribution in [0.15, 0.2) is 51.9 Å². The minimum atomic E-state index is -0.267. The van der Waals surface area contributed by atoms with E-state index < -0.39 is 0 Å². The van der Waals surface area contributed by atoms with Crippen molar-refractivity contribution >= 4 is 37.8 Å². The molecule has 2 nitrogen and oxygen atoms in total. The Morgan fingerprint density at radius 3 is 2.59 bits per heavy atom. The van der Waals surface area contributed by atoms with E-state index in [1.165, 1.54) is 12.1 Å². The van der Waals surface area contributed by atoms with Crippen molar-refractivity contribution in [3.05, 3.63) is 68.9 Å². The molecule has 1 aliphatic rings. The minimum Gasteiger partial charge on any atom is -0.461 e. The minimum absolute atomic E-state index is 0.109. The molecule has 0 saturated heterocycles. The van der Waals surface area contributed by atoms with Crippen LogP contribution in [0.25, 0.3) is 11.1 Å². The summed E-state index contributed by atoms with van der Waals surface area (Å²) in [4.78, 5) is 12.6. The third kappa shape index (κ3) is 4.35. The monoisotopic (exact) mass is 494 g/mol. The van der Waals surface area contributed by atoms with E-state index >= 15 is 0 Å². The van der Waals surface area contributed by atoms with E-state index in [9.17, 15) is 9.18 Å². The first kappa shape index (κ1) is 20.3. The number of rotatable bonds is 5. The van der Waals surface area contributed by atoms with E-state index in [4.69, 9.17) is 4.74 Å². The average molecular weight is 496 g/mol. The van der Waals surface area contributed by atoms with Gasteiger partial charge in [-0.3, -0.25) is 4.79 Å². The van der Waals surface area contributed by atoms with Crippen LogP contribution in [-0.4, -0.2) is 5.97 Å². The lowest BCUT2D eigenvalue weighted by Crippen LogP contribution is -2.11. The van der Waals surface area contributed by atoms with Crippen molar-refractivity contribution < 1.29 is 13.9 Å². The molecule has 2 atom stereocenters. The standard InChI is InChI=1S/C22H21Br2FO2/c1-13-15(7-5-9-17(13)14-6-4-8-16(25)10-14)12-27-21(26)20-18(11-19(23)24)22(20,2)3/h4-11,18,20H,12H2,1-3H3. The summed E-state index contributed by atoms with van der Waals surface area (Å²) in [5.41, 5.74) is 3.57. The van der Waals surface area contributed by atoms with Crippen LogP contribution in [-0.2, 0) is 16.1 Å². The molecule has 0 bridgehead atoms. The molecule has 1 saturated carbocycles. The van der Waals surface area contributed by atoms with E-state index in [0.717, 1.165) is 25.6 Å². The molecule has 0 aliphatic heterocycles. The predicted molar refractivity (Wildman–Crippen MR) is 113 cm³/mol. The van der Waals surface area contributed by atoms with Gasteiger partial charge >= 0.3 is 5.97 Å².